The van der Waals surface area contributed by atoms with E-state index in [1.165, 1.54) is 0 Å². The number of nitrogens with one attached hydrogen (secondary N) is 3. The van der Waals surface area contributed by atoms with Crippen LogP contribution in [0.25, 0.3) is 0 Å². The summed E-state index contributed by atoms with van der Waals surface area (Å²) in [6, 6.07) is -0.157. The monoisotopic (exact) mass is 252 g/mol. The van der Waals surface area contributed by atoms with Crippen molar-refractivity contribution in [1.82, 2.24) is 20.9 Å². The molecule has 2 saturated heterocycles. The molecule has 0 aromatic carbocycles. The summed E-state index contributed by atoms with van der Waals surface area (Å²) in [5.74, 6) is -0.269. The highest BCUT2D eigenvalue weighted by atomic mass is 16.2. The van der Waals surface area contributed by atoms with Crippen molar-refractivity contribution in [3.05, 3.63) is 0 Å². The number of carbonyl (C=O) groups is 3. The first-order valence-corrected chi connectivity index (χ1v) is 6.28. The maximum atomic E-state index is 11.8. The Kier molecular flexibility index (Phi) is 2.42. The molecule has 0 aromatic rings. The zero-order valence-electron chi connectivity index (χ0n) is 9.99. The Morgan fingerprint density at radius 2 is 1.94 bits per heavy atom. The lowest BCUT2D eigenvalue weighted by Gasteiger charge is -2.36. The van der Waals surface area contributed by atoms with Gasteiger partial charge in [-0.25, -0.2) is 9.59 Å². The number of carbonyl (C=O) groups excluding carboxylic acids is 3. The Balaban J connectivity index is 1.58. The molecule has 1 spiro atoms. The molecular formula is C11H16N4O3. The van der Waals surface area contributed by atoms with Gasteiger partial charge in [-0.2, -0.15) is 0 Å². The van der Waals surface area contributed by atoms with E-state index in [0.29, 0.717) is 32.0 Å². The third kappa shape index (κ3) is 1.89. The van der Waals surface area contributed by atoms with Crippen LogP contribution in [0.15, 0.2) is 0 Å². The summed E-state index contributed by atoms with van der Waals surface area (Å²) >= 11 is 0. The third-order valence-electron chi connectivity index (χ3n) is 3.82. The molecule has 0 unspecified atom stereocenters. The summed E-state index contributed by atoms with van der Waals surface area (Å²) < 4.78 is 0. The lowest BCUT2D eigenvalue weighted by atomic mass is 9.88. The quantitative estimate of drug-likeness (QED) is 0.551. The first-order valence-electron chi connectivity index (χ1n) is 6.28. The number of imide groups is 1. The van der Waals surface area contributed by atoms with Gasteiger partial charge < -0.3 is 15.5 Å². The second kappa shape index (κ2) is 3.86. The Morgan fingerprint density at radius 1 is 1.28 bits per heavy atom. The van der Waals surface area contributed by atoms with Gasteiger partial charge in [0.2, 0.25) is 0 Å². The van der Waals surface area contributed by atoms with E-state index in [4.69, 9.17) is 0 Å². The molecule has 5 amide bonds. The minimum Gasteiger partial charge on any atom is -0.335 e. The van der Waals surface area contributed by atoms with Crippen LogP contribution in [-0.2, 0) is 4.79 Å². The molecule has 7 heteroatoms. The lowest BCUT2D eigenvalue weighted by molar-refractivity contribution is -0.125. The number of rotatable bonds is 1. The van der Waals surface area contributed by atoms with Gasteiger partial charge in [-0.15, -0.1) is 0 Å². The van der Waals surface area contributed by atoms with E-state index in [9.17, 15) is 14.4 Å². The van der Waals surface area contributed by atoms with Crippen LogP contribution in [0.2, 0.25) is 0 Å². The van der Waals surface area contributed by atoms with Gasteiger partial charge in [-0.3, -0.25) is 10.1 Å². The molecule has 2 aliphatic heterocycles. The van der Waals surface area contributed by atoms with E-state index in [2.05, 4.69) is 16.0 Å². The lowest BCUT2D eigenvalue weighted by Crippen LogP contribution is -2.57. The zero-order chi connectivity index (χ0) is 12.8. The fourth-order valence-corrected chi connectivity index (χ4v) is 2.47. The molecular weight excluding hydrogens is 236 g/mol. The van der Waals surface area contributed by atoms with Crippen LogP contribution in [0.1, 0.15) is 25.7 Å². The average Bonchev–Trinajstić information content (AvgIpc) is 3.08. The minimum atomic E-state index is -0.798. The van der Waals surface area contributed by atoms with E-state index < -0.39 is 11.6 Å². The van der Waals surface area contributed by atoms with Gasteiger partial charge in [0.05, 0.1) is 0 Å². The van der Waals surface area contributed by atoms with Gasteiger partial charge in [0.15, 0.2) is 0 Å². The van der Waals surface area contributed by atoms with Crippen LogP contribution in [0.4, 0.5) is 9.59 Å². The number of amides is 5. The molecule has 3 fully saturated rings. The second-order valence-electron chi connectivity index (χ2n) is 5.20. The van der Waals surface area contributed by atoms with Gasteiger partial charge in [0.1, 0.15) is 5.54 Å². The molecule has 7 nitrogen and oxygen atoms in total. The number of nitrogens with zero attached hydrogens (tertiary/aromatic N) is 1. The highest BCUT2D eigenvalue weighted by Crippen LogP contribution is 2.26. The number of urea groups is 2. The summed E-state index contributed by atoms with van der Waals surface area (Å²) in [7, 11) is 0. The van der Waals surface area contributed by atoms with Gasteiger partial charge in [-0.05, 0) is 25.7 Å². The van der Waals surface area contributed by atoms with E-state index in [0.717, 1.165) is 12.8 Å². The molecule has 3 aliphatic rings. The molecule has 0 radical (unpaired) electrons. The molecule has 0 aromatic heterocycles. The van der Waals surface area contributed by atoms with Crippen LogP contribution in [-0.4, -0.2) is 47.5 Å². The molecule has 0 bridgehead atoms. The maximum absolute atomic E-state index is 11.8. The molecule has 98 valence electrons. The van der Waals surface area contributed by atoms with Crippen molar-refractivity contribution >= 4 is 18.0 Å². The summed E-state index contributed by atoms with van der Waals surface area (Å²) in [6.45, 7) is 0.985. The highest BCUT2D eigenvalue weighted by Gasteiger charge is 2.48. The predicted octanol–water partition coefficient (Wildman–Crippen LogP) is -0.468. The molecule has 18 heavy (non-hydrogen) atoms. The topological polar surface area (TPSA) is 90.5 Å². The summed E-state index contributed by atoms with van der Waals surface area (Å²) in [4.78, 5) is 36.4. The Morgan fingerprint density at radius 3 is 2.44 bits per heavy atom. The highest BCUT2D eigenvalue weighted by molar-refractivity contribution is 6.07. The Labute approximate surface area is 104 Å². The van der Waals surface area contributed by atoms with Gasteiger partial charge in [0, 0.05) is 19.1 Å². The summed E-state index contributed by atoms with van der Waals surface area (Å²) in [5, 5.41) is 7.85. The molecule has 3 rings (SSSR count). The van der Waals surface area contributed by atoms with Crippen molar-refractivity contribution in [2.24, 2.45) is 0 Å². The maximum Gasteiger partial charge on any atom is 0.322 e. The molecule has 2 heterocycles. The number of hydrogen-bond acceptors (Lipinski definition) is 3. The van der Waals surface area contributed by atoms with Crippen molar-refractivity contribution < 1.29 is 14.4 Å². The SMILES string of the molecule is O=C1NC(=O)C2(CCN(C(=O)NC3CC3)CC2)N1. The average molecular weight is 252 g/mol. The fraction of sp³-hybridized carbons (Fsp3) is 0.727. The first kappa shape index (κ1) is 11.3. The largest absolute Gasteiger partial charge is 0.335 e. The second-order valence-corrected chi connectivity index (χ2v) is 5.20. The van der Waals surface area contributed by atoms with E-state index in [-0.39, 0.29) is 11.9 Å². The van der Waals surface area contributed by atoms with Crippen molar-refractivity contribution in [2.45, 2.75) is 37.3 Å². The van der Waals surface area contributed by atoms with Crippen molar-refractivity contribution in [1.29, 1.82) is 0 Å². The molecule has 0 atom stereocenters. The molecule has 1 saturated carbocycles. The Bertz CT molecular complexity index is 411. The van der Waals surface area contributed by atoms with Crippen LogP contribution in [0.3, 0.4) is 0 Å². The summed E-state index contributed by atoms with van der Waals surface area (Å²) in [5.41, 5.74) is -0.798. The number of hydrogen-bond donors (Lipinski definition) is 3. The standard InChI is InChI=1S/C11H16N4O3/c16-8-11(14-9(17)13-8)3-5-15(6-4-11)10(18)12-7-1-2-7/h7H,1-6H2,(H,12,18)(H2,13,14,16,17). The predicted molar refractivity (Wildman–Crippen MR) is 61.8 cm³/mol. The smallest absolute Gasteiger partial charge is 0.322 e. The number of piperidine rings is 1. The molecule has 1 aliphatic carbocycles. The van der Waals surface area contributed by atoms with Crippen molar-refractivity contribution in [3.8, 4) is 0 Å². The minimum absolute atomic E-state index is 0.0583. The van der Waals surface area contributed by atoms with E-state index in [1.807, 2.05) is 0 Å². The van der Waals surface area contributed by atoms with Crippen LogP contribution >= 0.6 is 0 Å². The van der Waals surface area contributed by atoms with Crippen LogP contribution in [0.5, 0.6) is 0 Å². The normalized spacial score (nSPS) is 25.9. The number of likely N-dealkylation sites (tertiary alicyclic amines) is 1. The van der Waals surface area contributed by atoms with E-state index in [1.54, 1.807) is 4.90 Å². The first-order chi connectivity index (χ1) is 8.59. The zero-order valence-corrected chi connectivity index (χ0v) is 9.99. The third-order valence-corrected chi connectivity index (χ3v) is 3.82. The van der Waals surface area contributed by atoms with Crippen molar-refractivity contribution in [3.63, 3.8) is 0 Å². The molecule has 3 N–H and O–H groups in total. The van der Waals surface area contributed by atoms with Crippen molar-refractivity contribution in [2.75, 3.05) is 13.1 Å². The van der Waals surface area contributed by atoms with Gasteiger partial charge >= 0.3 is 12.1 Å². The van der Waals surface area contributed by atoms with Crippen LogP contribution in [0, 0.1) is 0 Å². The van der Waals surface area contributed by atoms with Crippen LogP contribution < -0.4 is 16.0 Å². The van der Waals surface area contributed by atoms with Gasteiger partial charge in [0.25, 0.3) is 5.91 Å². The fourth-order valence-electron chi connectivity index (χ4n) is 2.47. The van der Waals surface area contributed by atoms with Gasteiger partial charge in [-0.1, -0.05) is 0 Å². The summed E-state index contributed by atoms with van der Waals surface area (Å²) in [6.07, 6.45) is 3.06. The Hall–Kier alpha value is -1.79. The van der Waals surface area contributed by atoms with E-state index >= 15 is 0 Å².